The third kappa shape index (κ3) is 4.73. The summed E-state index contributed by atoms with van der Waals surface area (Å²) in [6, 6.07) is 11.2. The lowest BCUT2D eigenvalue weighted by Crippen LogP contribution is -2.48. The Labute approximate surface area is 183 Å². The molecule has 0 N–H and O–H groups in total. The minimum absolute atomic E-state index is 0.251. The van der Waals surface area contributed by atoms with E-state index in [1.165, 1.54) is 21.7 Å². The Kier molecular flexibility index (Phi) is 6.49. The lowest BCUT2D eigenvalue weighted by molar-refractivity contribution is 0.153. The summed E-state index contributed by atoms with van der Waals surface area (Å²) < 4.78 is 2.00. The average molecular weight is 425 g/mol. The van der Waals surface area contributed by atoms with Crippen molar-refractivity contribution in [2.75, 3.05) is 31.1 Å². The molecule has 1 fully saturated rings. The Morgan fingerprint density at radius 1 is 1.07 bits per heavy atom. The van der Waals surface area contributed by atoms with E-state index in [4.69, 9.17) is 0 Å². The van der Waals surface area contributed by atoms with Crippen LogP contribution in [0.15, 0.2) is 35.7 Å². The Hall–Kier alpha value is -2.25. The van der Waals surface area contributed by atoms with E-state index in [2.05, 4.69) is 88.7 Å². The van der Waals surface area contributed by atoms with Gasteiger partial charge in [-0.05, 0) is 65.3 Å². The van der Waals surface area contributed by atoms with Crippen molar-refractivity contribution < 1.29 is 0 Å². The molecule has 1 aliphatic heterocycles. The number of aryl methyl sites for hydroxylation is 2. The van der Waals surface area contributed by atoms with E-state index in [1.807, 2.05) is 4.68 Å². The zero-order valence-electron chi connectivity index (χ0n) is 18.5. The van der Waals surface area contributed by atoms with Crippen LogP contribution < -0.4 is 4.90 Å². The number of hydrogen-bond acceptors (Lipinski definition) is 6. The van der Waals surface area contributed by atoms with Crippen LogP contribution in [0.25, 0.3) is 0 Å². The normalized spacial score (nSPS) is 16.4. The van der Waals surface area contributed by atoms with Gasteiger partial charge in [0.2, 0.25) is 0 Å². The van der Waals surface area contributed by atoms with Crippen LogP contribution in [0.3, 0.4) is 0 Å². The Bertz CT molecular complexity index is 941. The number of benzene rings is 1. The van der Waals surface area contributed by atoms with E-state index < -0.39 is 0 Å². The van der Waals surface area contributed by atoms with E-state index >= 15 is 0 Å². The van der Waals surface area contributed by atoms with Gasteiger partial charge in [-0.2, -0.15) is 0 Å². The third-order valence-corrected chi connectivity index (χ3v) is 6.76. The van der Waals surface area contributed by atoms with Gasteiger partial charge < -0.3 is 4.90 Å². The molecule has 6 nitrogen and oxygen atoms in total. The van der Waals surface area contributed by atoms with Crippen molar-refractivity contribution in [3.05, 3.63) is 57.5 Å². The zero-order chi connectivity index (χ0) is 21.1. The van der Waals surface area contributed by atoms with E-state index in [0.29, 0.717) is 5.92 Å². The summed E-state index contributed by atoms with van der Waals surface area (Å²) in [6.07, 6.45) is 1.06. The zero-order valence-corrected chi connectivity index (χ0v) is 19.3. The molecule has 0 radical (unpaired) electrons. The molecule has 0 spiro atoms. The predicted molar refractivity (Wildman–Crippen MR) is 123 cm³/mol. The molecule has 7 heteroatoms. The number of hydrogen-bond donors (Lipinski definition) is 0. The fraction of sp³-hybridized carbons (Fsp3) is 0.522. The van der Waals surface area contributed by atoms with Gasteiger partial charge in [-0.15, -0.1) is 16.4 Å². The van der Waals surface area contributed by atoms with Crippen molar-refractivity contribution >= 4 is 17.0 Å². The predicted octanol–water partition coefficient (Wildman–Crippen LogP) is 4.31. The van der Waals surface area contributed by atoms with Crippen molar-refractivity contribution in [1.82, 2.24) is 25.1 Å². The number of tetrazole rings is 1. The van der Waals surface area contributed by atoms with E-state index in [1.54, 1.807) is 11.3 Å². The maximum absolute atomic E-state index is 4.48. The molecule has 1 saturated heterocycles. The number of nitrogens with zero attached hydrogens (tertiary/aromatic N) is 6. The molecule has 1 atom stereocenters. The minimum atomic E-state index is 0.251. The smallest absolute Gasteiger partial charge is 0.168 e. The molecule has 0 bridgehead atoms. The number of aromatic nitrogens is 4. The van der Waals surface area contributed by atoms with Gasteiger partial charge in [0.25, 0.3) is 0 Å². The topological polar surface area (TPSA) is 50.1 Å². The number of rotatable bonds is 7. The van der Waals surface area contributed by atoms with Gasteiger partial charge in [0, 0.05) is 36.7 Å². The summed E-state index contributed by atoms with van der Waals surface area (Å²) >= 11 is 1.75. The van der Waals surface area contributed by atoms with Gasteiger partial charge in [0.15, 0.2) is 5.82 Å². The highest BCUT2D eigenvalue weighted by atomic mass is 32.1. The summed E-state index contributed by atoms with van der Waals surface area (Å²) in [5.74, 6) is 1.58. The second-order valence-corrected chi connectivity index (χ2v) is 9.76. The molecule has 0 amide bonds. The molecule has 0 aliphatic carbocycles. The van der Waals surface area contributed by atoms with Crippen LogP contribution in [0.2, 0.25) is 0 Å². The molecule has 1 aliphatic rings. The fourth-order valence-electron chi connectivity index (χ4n) is 4.31. The van der Waals surface area contributed by atoms with Crippen LogP contribution in [0, 0.1) is 19.8 Å². The first-order chi connectivity index (χ1) is 14.5. The highest BCUT2D eigenvalue weighted by Gasteiger charge is 2.30. The van der Waals surface area contributed by atoms with Gasteiger partial charge in [0.05, 0.1) is 12.6 Å². The third-order valence-electron chi connectivity index (χ3n) is 5.90. The first kappa shape index (κ1) is 21.0. The molecule has 160 valence electrons. The van der Waals surface area contributed by atoms with Gasteiger partial charge in [0.1, 0.15) is 0 Å². The molecule has 2 aromatic heterocycles. The van der Waals surface area contributed by atoms with Crippen LogP contribution >= 0.6 is 11.3 Å². The quantitative estimate of drug-likeness (QED) is 0.566. The Morgan fingerprint density at radius 2 is 1.87 bits per heavy atom. The van der Waals surface area contributed by atoms with Gasteiger partial charge in [-0.3, -0.25) is 4.90 Å². The lowest BCUT2D eigenvalue weighted by Gasteiger charge is -2.40. The monoisotopic (exact) mass is 424 g/mol. The number of thiophene rings is 1. The maximum atomic E-state index is 4.48. The molecule has 1 aromatic carbocycles. The standard InChI is InChI=1S/C23H32N6S/c1-17(2)14-22(23-24-25-26-29(23)16-20-6-5-13-30-20)28-11-9-27(10-12-28)21-15-18(3)7-8-19(21)4/h5-8,13,15,17,22H,9-12,14,16H2,1-4H3/t22-/m1/s1. The molecule has 3 aromatic rings. The summed E-state index contributed by atoms with van der Waals surface area (Å²) in [7, 11) is 0. The lowest BCUT2D eigenvalue weighted by atomic mass is 10.0. The molecule has 0 saturated carbocycles. The van der Waals surface area contributed by atoms with E-state index in [9.17, 15) is 0 Å². The average Bonchev–Trinajstić information content (AvgIpc) is 3.41. The summed E-state index contributed by atoms with van der Waals surface area (Å²) in [4.78, 5) is 6.39. The van der Waals surface area contributed by atoms with Crippen molar-refractivity contribution in [3.8, 4) is 0 Å². The maximum Gasteiger partial charge on any atom is 0.168 e. The fourth-order valence-corrected chi connectivity index (χ4v) is 5.00. The summed E-state index contributed by atoms with van der Waals surface area (Å²) in [5, 5.41) is 15.0. The van der Waals surface area contributed by atoms with Crippen molar-refractivity contribution in [2.24, 2.45) is 5.92 Å². The first-order valence-corrected chi connectivity index (χ1v) is 11.7. The van der Waals surface area contributed by atoms with Crippen molar-refractivity contribution in [3.63, 3.8) is 0 Å². The van der Waals surface area contributed by atoms with Gasteiger partial charge >= 0.3 is 0 Å². The molecular weight excluding hydrogens is 392 g/mol. The molecular formula is C23H32N6S. The van der Waals surface area contributed by atoms with Gasteiger partial charge in [-0.1, -0.05) is 32.0 Å². The molecule has 4 rings (SSSR count). The Balaban J connectivity index is 1.51. The van der Waals surface area contributed by atoms with Gasteiger partial charge in [-0.25, -0.2) is 4.68 Å². The van der Waals surface area contributed by atoms with E-state index in [-0.39, 0.29) is 6.04 Å². The van der Waals surface area contributed by atoms with Crippen LogP contribution in [0.1, 0.15) is 48.1 Å². The number of piperazine rings is 1. The van der Waals surface area contributed by atoms with Crippen LogP contribution in [0.4, 0.5) is 5.69 Å². The highest BCUT2D eigenvalue weighted by molar-refractivity contribution is 7.09. The molecule has 0 unspecified atom stereocenters. The largest absolute Gasteiger partial charge is 0.369 e. The van der Waals surface area contributed by atoms with Crippen molar-refractivity contribution in [2.45, 2.75) is 46.7 Å². The van der Waals surface area contributed by atoms with Crippen LogP contribution in [-0.2, 0) is 6.54 Å². The van der Waals surface area contributed by atoms with E-state index in [0.717, 1.165) is 45.0 Å². The first-order valence-electron chi connectivity index (χ1n) is 10.9. The van der Waals surface area contributed by atoms with Crippen molar-refractivity contribution in [1.29, 1.82) is 0 Å². The van der Waals surface area contributed by atoms with Crippen LogP contribution in [-0.4, -0.2) is 51.3 Å². The molecule has 3 heterocycles. The Morgan fingerprint density at radius 3 is 2.57 bits per heavy atom. The minimum Gasteiger partial charge on any atom is -0.369 e. The summed E-state index contributed by atoms with van der Waals surface area (Å²) in [6.45, 7) is 13.8. The SMILES string of the molecule is Cc1ccc(C)c(N2CCN([C@H](CC(C)C)c3nnnn3Cc3cccs3)CC2)c1. The highest BCUT2D eigenvalue weighted by Crippen LogP contribution is 2.30. The second-order valence-electron chi connectivity index (χ2n) is 8.73. The summed E-state index contributed by atoms with van der Waals surface area (Å²) in [5.41, 5.74) is 4.05. The molecule has 30 heavy (non-hydrogen) atoms. The van der Waals surface area contributed by atoms with Crippen LogP contribution in [0.5, 0.6) is 0 Å². The number of anilines is 1. The second kappa shape index (κ2) is 9.27.